The Bertz CT molecular complexity index is 188. The zero-order valence-corrected chi connectivity index (χ0v) is 18.5. The van der Waals surface area contributed by atoms with E-state index in [2.05, 4.69) is 13.8 Å². The molecule has 0 heterocycles. The number of aliphatic hydroxyl groups excluding tert-OH is 1. The topological polar surface area (TPSA) is 20.2 Å². The molecule has 133 valence electrons. The first-order valence-electron chi connectivity index (χ1n) is 10.3. The van der Waals surface area contributed by atoms with Crippen LogP contribution in [-0.4, -0.2) is 31.5 Å². The average molecular weight is 418 g/mol. The molecule has 0 fully saturated rings. The molecule has 1 radical (unpaired) electrons. The molecular weight excluding hydrogens is 375 g/mol. The van der Waals surface area contributed by atoms with Crippen LogP contribution < -0.4 is 0 Å². The van der Waals surface area contributed by atoms with Gasteiger partial charge in [0.15, 0.2) is 0 Å². The van der Waals surface area contributed by atoms with Gasteiger partial charge in [0, 0.05) is 0 Å². The maximum absolute atomic E-state index is 8.73. The molecule has 0 bridgehead atoms. The Morgan fingerprint density at radius 2 is 0.864 bits per heavy atom. The molecule has 0 unspecified atom stereocenters. The summed E-state index contributed by atoms with van der Waals surface area (Å²) in [5.74, 6) is 0. The summed E-state index contributed by atoms with van der Waals surface area (Å²) in [6.07, 6.45) is 19.7. The van der Waals surface area contributed by atoms with Crippen molar-refractivity contribution in [3.8, 4) is 0 Å². The molecule has 0 aliphatic heterocycles. The molecule has 2 heteroatoms. The molecule has 0 aromatic rings. The molecule has 0 atom stereocenters. The Labute approximate surface area is 148 Å². The summed E-state index contributed by atoms with van der Waals surface area (Å²) in [5, 5.41) is 8.73. The Morgan fingerprint density at radius 1 is 0.500 bits per heavy atom. The van der Waals surface area contributed by atoms with E-state index in [0.29, 0.717) is 6.61 Å². The van der Waals surface area contributed by atoms with E-state index in [9.17, 15) is 0 Å². The van der Waals surface area contributed by atoms with E-state index >= 15 is 0 Å². The van der Waals surface area contributed by atoms with Crippen LogP contribution >= 0.6 is 0 Å². The van der Waals surface area contributed by atoms with E-state index in [-0.39, 0.29) is 0 Å². The molecule has 0 aliphatic carbocycles. The van der Waals surface area contributed by atoms with E-state index in [1.807, 2.05) is 0 Å². The molecule has 0 amide bonds. The maximum atomic E-state index is 8.73. The fraction of sp³-hybridized carbons (Fsp3) is 1.00. The van der Waals surface area contributed by atoms with E-state index in [4.69, 9.17) is 5.11 Å². The van der Waals surface area contributed by atoms with Crippen LogP contribution in [0.1, 0.15) is 104 Å². The second-order valence-corrected chi connectivity index (χ2v) is 15.5. The normalized spacial score (nSPS) is 11.5. The third kappa shape index (κ3) is 17.1. The Hall–Kier alpha value is 0.759. The van der Waals surface area contributed by atoms with Crippen molar-refractivity contribution in [1.82, 2.24) is 0 Å². The van der Waals surface area contributed by atoms with Gasteiger partial charge in [0.25, 0.3) is 0 Å². The van der Waals surface area contributed by atoms with Crippen LogP contribution in [0.4, 0.5) is 0 Å². The SMILES string of the molecule is CCC[CH2][Sn]([CH2]CCC)[CH2]CCCCCCCCCCCO. The molecule has 0 saturated carbocycles. The molecule has 1 nitrogen and oxygen atoms in total. The van der Waals surface area contributed by atoms with Crippen molar-refractivity contribution >= 4 is 19.8 Å². The van der Waals surface area contributed by atoms with Crippen LogP contribution in [0.5, 0.6) is 0 Å². The summed E-state index contributed by atoms with van der Waals surface area (Å²) in [6, 6.07) is 0. The van der Waals surface area contributed by atoms with Gasteiger partial charge in [-0.3, -0.25) is 0 Å². The minimum absolute atomic E-state index is 0.377. The van der Waals surface area contributed by atoms with Gasteiger partial charge in [0.05, 0.1) is 0 Å². The molecule has 0 aliphatic rings. The van der Waals surface area contributed by atoms with Crippen molar-refractivity contribution in [1.29, 1.82) is 0 Å². The van der Waals surface area contributed by atoms with Gasteiger partial charge in [-0.05, 0) is 0 Å². The average Bonchev–Trinajstić information content (AvgIpc) is 2.54. The predicted octanol–water partition coefficient (Wildman–Crippen LogP) is 6.97. The van der Waals surface area contributed by atoms with Gasteiger partial charge >= 0.3 is 143 Å². The van der Waals surface area contributed by atoms with Crippen LogP contribution in [-0.2, 0) is 0 Å². The Balaban J connectivity index is 3.33. The van der Waals surface area contributed by atoms with E-state index in [0.717, 1.165) is 6.42 Å². The first-order valence-corrected chi connectivity index (χ1v) is 16.3. The van der Waals surface area contributed by atoms with Crippen LogP contribution in [0.15, 0.2) is 0 Å². The first kappa shape index (κ1) is 22.8. The number of aliphatic hydroxyl groups is 1. The number of rotatable bonds is 18. The van der Waals surface area contributed by atoms with Gasteiger partial charge in [0.1, 0.15) is 0 Å². The third-order valence-corrected chi connectivity index (χ3v) is 13.8. The van der Waals surface area contributed by atoms with Crippen molar-refractivity contribution in [2.45, 2.75) is 117 Å². The van der Waals surface area contributed by atoms with E-state index in [1.165, 1.54) is 77.0 Å². The monoisotopic (exact) mass is 419 g/mol. The summed E-state index contributed by atoms with van der Waals surface area (Å²) < 4.78 is 5.03. The predicted molar refractivity (Wildman–Crippen MR) is 103 cm³/mol. The Morgan fingerprint density at radius 3 is 1.27 bits per heavy atom. The minimum Gasteiger partial charge on any atom is -0.396 e. The summed E-state index contributed by atoms with van der Waals surface area (Å²) in [4.78, 5) is 0. The first-order chi connectivity index (χ1) is 10.8. The second kappa shape index (κ2) is 19.8. The molecule has 0 aromatic heterocycles. The van der Waals surface area contributed by atoms with Crippen LogP contribution in [0.2, 0.25) is 13.3 Å². The molecule has 0 aromatic carbocycles. The van der Waals surface area contributed by atoms with Gasteiger partial charge in [-0.25, -0.2) is 0 Å². The molecular formula is C20H43OSn. The Kier molecular flexibility index (Phi) is 20.5. The second-order valence-electron chi connectivity index (χ2n) is 6.97. The van der Waals surface area contributed by atoms with Gasteiger partial charge in [-0.1, -0.05) is 0 Å². The quantitative estimate of drug-likeness (QED) is 0.188. The third-order valence-electron chi connectivity index (χ3n) is 4.71. The zero-order valence-electron chi connectivity index (χ0n) is 15.7. The molecule has 0 saturated heterocycles. The van der Waals surface area contributed by atoms with Gasteiger partial charge in [-0.15, -0.1) is 0 Å². The molecule has 22 heavy (non-hydrogen) atoms. The van der Waals surface area contributed by atoms with E-state index in [1.54, 1.807) is 19.7 Å². The molecule has 0 rings (SSSR count). The van der Waals surface area contributed by atoms with Crippen molar-refractivity contribution in [3.05, 3.63) is 0 Å². The number of hydrogen-bond donors (Lipinski definition) is 1. The number of hydrogen-bond acceptors (Lipinski definition) is 1. The summed E-state index contributed by atoms with van der Waals surface area (Å²) in [5.41, 5.74) is 0. The van der Waals surface area contributed by atoms with Crippen molar-refractivity contribution in [2.24, 2.45) is 0 Å². The van der Waals surface area contributed by atoms with Crippen LogP contribution in [0.3, 0.4) is 0 Å². The van der Waals surface area contributed by atoms with Gasteiger partial charge < -0.3 is 5.11 Å². The van der Waals surface area contributed by atoms with Crippen LogP contribution in [0, 0.1) is 0 Å². The number of unbranched alkanes of at least 4 members (excludes halogenated alkanes) is 11. The van der Waals surface area contributed by atoms with Gasteiger partial charge in [0.2, 0.25) is 0 Å². The van der Waals surface area contributed by atoms with Crippen LogP contribution in [0.25, 0.3) is 0 Å². The summed E-state index contributed by atoms with van der Waals surface area (Å²) >= 11 is -0.949. The minimum atomic E-state index is -0.949. The van der Waals surface area contributed by atoms with E-state index < -0.39 is 19.8 Å². The summed E-state index contributed by atoms with van der Waals surface area (Å²) in [7, 11) is 0. The standard InChI is InChI=1S/C12H25O.2C4H9.Sn/c1-2-3-4-5-6-7-8-9-10-11-12-13;2*1-3-4-2;/h13H,1-12H2;2*1,3-4H2,2H3;. The zero-order chi connectivity index (χ0) is 16.3. The van der Waals surface area contributed by atoms with Crippen molar-refractivity contribution in [3.63, 3.8) is 0 Å². The molecule has 1 N–H and O–H groups in total. The molecule has 0 spiro atoms. The fourth-order valence-corrected chi connectivity index (χ4v) is 12.3. The van der Waals surface area contributed by atoms with Crippen molar-refractivity contribution < 1.29 is 5.11 Å². The smallest absolute Gasteiger partial charge is 0.396 e. The fourth-order valence-electron chi connectivity index (χ4n) is 3.13. The van der Waals surface area contributed by atoms with Gasteiger partial charge in [-0.2, -0.15) is 0 Å². The van der Waals surface area contributed by atoms with Crippen molar-refractivity contribution in [2.75, 3.05) is 6.61 Å². The summed E-state index contributed by atoms with van der Waals surface area (Å²) in [6.45, 7) is 5.08.